The van der Waals surface area contributed by atoms with E-state index in [1.165, 1.54) is 31.4 Å². The Hall–Kier alpha value is -3.10. The molecule has 0 aliphatic heterocycles. The van der Waals surface area contributed by atoms with Gasteiger partial charge >= 0.3 is 5.97 Å². The first-order chi connectivity index (χ1) is 17.2. The molecule has 0 heterocycles. The normalized spacial score (nSPS) is 12.1. The average molecular weight is 506 g/mol. The first kappa shape index (κ1) is 30.1. The first-order valence-corrected chi connectivity index (χ1v) is 13.2. The van der Waals surface area contributed by atoms with E-state index in [0.717, 1.165) is 35.1 Å². The summed E-state index contributed by atoms with van der Waals surface area (Å²) in [6.45, 7) is 15.2. The molecule has 200 valence electrons. The number of amides is 1. The van der Waals surface area contributed by atoms with Gasteiger partial charge < -0.3 is 15.1 Å². The van der Waals surface area contributed by atoms with Gasteiger partial charge in [0.2, 0.25) is 0 Å². The van der Waals surface area contributed by atoms with Crippen molar-refractivity contribution >= 4 is 11.9 Å². The van der Waals surface area contributed by atoms with Gasteiger partial charge in [-0.3, -0.25) is 4.79 Å². The van der Waals surface area contributed by atoms with Crippen LogP contribution in [0.4, 0.5) is 0 Å². The fourth-order valence-corrected chi connectivity index (χ4v) is 4.72. The highest BCUT2D eigenvalue weighted by Gasteiger charge is 2.37. The number of rotatable bonds is 9. The van der Waals surface area contributed by atoms with E-state index in [1.807, 2.05) is 45.9 Å². The van der Waals surface area contributed by atoms with E-state index in [4.69, 9.17) is 0 Å². The maximum Gasteiger partial charge on any atom is 0.329 e. The monoisotopic (exact) mass is 505 g/mol. The second kappa shape index (κ2) is 11.5. The van der Waals surface area contributed by atoms with Gasteiger partial charge in [-0.1, -0.05) is 63.8 Å². The maximum absolute atomic E-state index is 13.2. The molecule has 1 amide bonds. The Labute approximate surface area is 222 Å². The van der Waals surface area contributed by atoms with Gasteiger partial charge in [-0.2, -0.15) is 0 Å². The molecule has 0 atom stereocenters. The summed E-state index contributed by atoms with van der Waals surface area (Å²) in [5.74, 6) is 4.88. The minimum absolute atomic E-state index is 0.247. The standard InChI is InChI=1S/C32H43NO4/c1-10-31(37,11-2)19-18-24-14-15-25(20-22(24)5)32(12-3,13-4)26-16-17-27(23(6)21-26)28(34)33(9)30(7,8)29(35)36/h14-17,20-21,37H,10-13H2,1-9H3,(H,35,36). The first-order valence-electron chi connectivity index (χ1n) is 13.2. The predicted molar refractivity (Wildman–Crippen MR) is 150 cm³/mol. The molecular formula is C32H43NO4. The summed E-state index contributed by atoms with van der Waals surface area (Å²) < 4.78 is 0. The third-order valence-corrected chi connectivity index (χ3v) is 8.26. The van der Waals surface area contributed by atoms with E-state index in [-0.39, 0.29) is 11.3 Å². The Morgan fingerprint density at radius 2 is 1.38 bits per heavy atom. The highest BCUT2D eigenvalue weighted by molar-refractivity contribution is 5.98. The number of carbonyl (C=O) groups excluding carboxylic acids is 1. The number of carbonyl (C=O) groups is 2. The molecule has 37 heavy (non-hydrogen) atoms. The van der Waals surface area contributed by atoms with Crippen molar-refractivity contribution in [2.75, 3.05) is 7.05 Å². The average Bonchev–Trinajstić information content (AvgIpc) is 2.88. The third kappa shape index (κ3) is 5.91. The molecule has 0 aliphatic carbocycles. The fourth-order valence-electron chi connectivity index (χ4n) is 4.72. The molecule has 0 fully saturated rings. The van der Waals surface area contributed by atoms with E-state index in [1.54, 1.807) is 0 Å². The minimum atomic E-state index is -1.31. The molecule has 0 radical (unpaired) electrons. The zero-order valence-corrected chi connectivity index (χ0v) is 24.0. The van der Waals surface area contributed by atoms with Gasteiger partial charge in [0.1, 0.15) is 11.1 Å². The summed E-state index contributed by atoms with van der Waals surface area (Å²) in [6.07, 6.45) is 2.92. The van der Waals surface area contributed by atoms with E-state index < -0.39 is 17.1 Å². The van der Waals surface area contributed by atoms with Gasteiger partial charge in [-0.15, -0.1) is 0 Å². The van der Waals surface area contributed by atoms with Crippen LogP contribution < -0.4 is 0 Å². The number of aliphatic hydroxyl groups is 1. The van der Waals surface area contributed by atoms with Crippen molar-refractivity contribution in [2.24, 2.45) is 0 Å². The van der Waals surface area contributed by atoms with Crippen LogP contribution >= 0.6 is 0 Å². The Balaban J connectivity index is 2.52. The van der Waals surface area contributed by atoms with Crippen molar-refractivity contribution < 1.29 is 19.8 Å². The number of hydrogen-bond acceptors (Lipinski definition) is 3. The van der Waals surface area contributed by atoms with E-state index in [9.17, 15) is 19.8 Å². The van der Waals surface area contributed by atoms with Gasteiger partial charge in [-0.05, 0) is 87.8 Å². The molecule has 2 aromatic carbocycles. The minimum Gasteiger partial charge on any atom is -0.480 e. The second-order valence-electron chi connectivity index (χ2n) is 10.6. The van der Waals surface area contributed by atoms with Crippen molar-refractivity contribution in [1.29, 1.82) is 0 Å². The van der Waals surface area contributed by atoms with Crippen LogP contribution in [0, 0.1) is 25.7 Å². The molecule has 2 rings (SSSR count). The Morgan fingerprint density at radius 1 is 0.865 bits per heavy atom. The number of likely N-dealkylation sites (N-methyl/N-ethyl adjacent to an activating group) is 1. The number of carboxylic acids is 1. The van der Waals surface area contributed by atoms with Crippen LogP contribution in [0.25, 0.3) is 0 Å². The molecule has 5 nitrogen and oxygen atoms in total. The number of aliphatic carboxylic acids is 1. The maximum atomic E-state index is 13.2. The van der Waals surface area contributed by atoms with Crippen LogP contribution in [0.3, 0.4) is 0 Å². The molecule has 0 saturated carbocycles. The molecule has 0 unspecified atom stereocenters. The number of hydrogen-bond donors (Lipinski definition) is 2. The zero-order chi connectivity index (χ0) is 28.2. The molecule has 0 spiro atoms. The molecule has 2 aromatic rings. The summed E-state index contributed by atoms with van der Waals surface area (Å²) in [6, 6.07) is 12.2. The number of aryl methyl sites for hydroxylation is 2. The molecule has 0 aromatic heterocycles. The molecule has 2 N–H and O–H groups in total. The zero-order valence-electron chi connectivity index (χ0n) is 24.0. The second-order valence-corrected chi connectivity index (χ2v) is 10.6. The summed E-state index contributed by atoms with van der Waals surface area (Å²) >= 11 is 0. The summed E-state index contributed by atoms with van der Waals surface area (Å²) in [5.41, 5.74) is 3.07. The molecule has 0 saturated heterocycles. The summed E-state index contributed by atoms with van der Waals surface area (Å²) in [4.78, 5) is 26.1. The molecular weight excluding hydrogens is 462 g/mol. The molecule has 5 heteroatoms. The smallest absolute Gasteiger partial charge is 0.329 e. The van der Waals surface area contributed by atoms with Crippen LogP contribution in [0.5, 0.6) is 0 Å². The van der Waals surface area contributed by atoms with E-state index in [0.29, 0.717) is 18.4 Å². The fraction of sp³-hybridized carbons (Fsp3) is 0.500. The lowest BCUT2D eigenvalue weighted by molar-refractivity contribution is -0.147. The highest BCUT2D eigenvalue weighted by Crippen LogP contribution is 2.40. The van der Waals surface area contributed by atoms with Crippen molar-refractivity contribution in [3.8, 4) is 11.8 Å². The van der Waals surface area contributed by atoms with E-state index in [2.05, 4.69) is 43.9 Å². The van der Waals surface area contributed by atoms with Gasteiger partial charge in [-0.25, -0.2) is 4.79 Å². The lowest BCUT2D eigenvalue weighted by atomic mass is 9.69. The van der Waals surface area contributed by atoms with Crippen molar-refractivity contribution in [3.05, 3.63) is 69.8 Å². The van der Waals surface area contributed by atoms with Crippen molar-refractivity contribution in [1.82, 2.24) is 4.90 Å². The van der Waals surface area contributed by atoms with Crippen LogP contribution in [0.1, 0.15) is 105 Å². The molecule has 0 bridgehead atoms. The lowest BCUT2D eigenvalue weighted by Crippen LogP contribution is -2.50. The van der Waals surface area contributed by atoms with Crippen molar-refractivity contribution in [2.45, 2.75) is 97.6 Å². The quantitative estimate of drug-likeness (QED) is 0.395. The Morgan fingerprint density at radius 3 is 1.81 bits per heavy atom. The summed E-state index contributed by atoms with van der Waals surface area (Å²) in [5, 5.41) is 20.1. The number of carboxylic acid groups (broad SMARTS) is 1. The van der Waals surface area contributed by atoms with Crippen LogP contribution in [0.2, 0.25) is 0 Å². The predicted octanol–water partition coefficient (Wildman–Crippen LogP) is 6.25. The van der Waals surface area contributed by atoms with Crippen LogP contribution in [-0.4, -0.2) is 45.2 Å². The van der Waals surface area contributed by atoms with Crippen LogP contribution in [-0.2, 0) is 10.2 Å². The topological polar surface area (TPSA) is 77.8 Å². The largest absolute Gasteiger partial charge is 0.480 e. The SMILES string of the molecule is CCC(O)(C#Cc1ccc(C(CC)(CC)c2ccc(C(=O)N(C)C(C)(C)C(=O)O)c(C)c2)cc1C)CC. The van der Waals surface area contributed by atoms with Gasteiger partial charge in [0.05, 0.1) is 0 Å². The summed E-state index contributed by atoms with van der Waals surface area (Å²) in [7, 11) is 1.53. The number of benzene rings is 2. The van der Waals surface area contributed by atoms with Gasteiger partial charge in [0, 0.05) is 23.6 Å². The third-order valence-electron chi connectivity index (χ3n) is 8.26. The lowest BCUT2D eigenvalue weighted by Gasteiger charge is -2.35. The number of nitrogens with zero attached hydrogens (tertiary/aromatic N) is 1. The van der Waals surface area contributed by atoms with Gasteiger partial charge in [0.25, 0.3) is 5.91 Å². The highest BCUT2D eigenvalue weighted by atomic mass is 16.4. The van der Waals surface area contributed by atoms with Crippen LogP contribution in [0.15, 0.2) is 36.4 Å². The Kier molecular flexibility index (Phi) is 9.38. The Bertz CT molecular complexity index is 1210. The van der Waals surface area contributed by atoms with Crippen molar-refractivity contribution in [3.63, 3.8) is 0 Å². The van der Waals surface area contributed by atoms with Gasteiger partial charge in [0.15, 0.2) is 0 Å². The molecule has 0 aliphatic rings. The van der Waals surface area contributed by atoms with E-state index >= 15 is 0 Å².